The van der Waals surface area contributed by atoms with E-state index in [0.29, 0.717) is 19.3 Å². The molecule has 1 N–H and O–H groups in total. The van der Waals surface area contributed by atoms with Crippen molar-refractivity contribution in [3.8, 4) is 6.07 Å². The molecule has 7 nitrogen and oxygen atoms in total. The van der Waals surface area contributed by atoms with Crippen molar-refractivity contribution in [2.45, 2.75) is 83.4 Å². The van der Waals surface area contributed by atoms with Crippen molar-refractivity contribution >= 4 is 11.8 Å². The largest absolute Gasteiger partial charge is 0.448 e. The maximum absolute atomic E-state index is 13.5. The lowest BCUT2D eigenvalue weighted by Gasteiger charge is -2.59. The van der Waals surface area contributed by atoms with Crippen LogP contribution in [-0.4, -0.2) is 47.6 Å². The Hall–Kier alpha value is -2.01. The lowest BCUT2D eigenvalue weighted by atomic mass is 9.46. The van der Waals surface area contributed by atoms with E-state index in [1.807, 2.05) is 26.0 Å². The van der Waals surface area contributed by atoms with Gasteiger partial charge in [0.1, 0.15) is 12.2 Å². The van der Waals surface area contributed by atoms with Crippen LogP contribution in [0.4, 0.5) is 0 Å². The number of esters is 1. The van der Waals surface area contributed by atoms with E-state index in [2.05, 4.69) is 6.92 Å². The molecule has 0 aromatic heterocycles. The molecule has 1 heterocycles. The van der Waals surface area contributed by atoms with Crippen LogP contribution in [0.5, 0.6) is 0 Å². The fourth-order valence-corrected chi connectivity index (χ4v) is 8.06. The number of fused-ring (bicyclic) bond motifs is 7. The summed E-state index contributed by atoms with van der Waals surface area (Å²) in [5, 5.41) is 20.6. The zero-order chi connectivity index (χ0) is 23.6. The summed E-state index contributed by atoms with van der Waals surface area (Å²) >= 11 is 0. The third-order valence-electron chi connectivity index (χ3n) is 9.38. The molecule has 0 spiro atoms. The lowest BCUT2D eigenvalue weighted by molar-refractivity contribution is -0.214. The number of hydrogen-bond acceptors (Lipinski definition) is 7. The van der Waals surface area contributed by atoms with E-state index < -0.39 is 35.5 Å². The van der Waals surface area contributed by atoms with Crippen molar-refractivity contribution in [3.05, 3.63) is 23.8 Å². The maximum atomic E-state index is 13.5. The predicted molar refractivity (Wildman–Crippen MR) is 117 cm³/mol. The molecule has 7 heteroatoms. The second-order valence-electron chi connectivity index (χ2n) is 10.9. The highest BCUT2D eigenvalue weighted by molar-refractivity contribution is 6.01. The highest BCUT2D eigenvalue weighted by atomic mass is 16.8. The average Bonchev–Trinajstić information content (AvgIpc) is 3.25. The van der Waals surface area contributed by atoms with E-state index in [4.69, 9.17) is 19.5 Å². The summed E-state index contributed by atoms with van der Waals surface area (Å²) < 4.78 is 18.1. The zero-order valence-electron chi connectivity index (χ0n) is 19.6. The molecule has 33 heavy (non-hydrogen) atoms. The molecule has 3 unspecified atom stereocenters. The van der Waals surface area contributed by atoms with Crippen molar-refractivity contribution in [1.29, 1.82) is 5.26 Å². The average molecular weight is 456 g/mol. The fraction of sp³-hybridized carbons (Fsp3) is 0.731. The number of aliphatic hydroxyl groups excluding tert-OH is 1. The van der Waals surface area contributed by atoms with Gasteiger partial charge in [0.2, 0.25) is 0 Å². The summed E-state index contributed by atoms with van der Waals surface area (Å²) in [6.07, 6.45) is 7.91. The molecule has 0 aromatic rings. The molecular formula is C26H33NO6. The van der Waals surface area contributed by atoms with Crippen LogP contribution >= 0.6 is 0 Å². The van der Waals surface area contributed by atoms with Gasteiger partial charge in [-0.15, -0.1) is 0 Å². The monoisotopic (exact) mass is 455 g/mol. The number of hydrogen-bond donors (Lipinski definition) is 1. The van der Waals surface area contributed by atoms with Gasteiger partial charge in [0.25, 0.3) is 0 Å². The van der Waals surface area contributed by atoms with E-state index in [1.54, 1.807) is 12.2 Å². The van der Waals surface area contributed by atoms with Crippen molar-refractivity contribution in [1.82, 2.24) is 0 Å². The van der Waals surface area contributed by atoms with Gasteiger partial charge in [-0.25, -0.2) is 4.79 Å². The Kier molecular flexibility index (Phi) is 5.35. The predicted octanol–water partition coefficient (Wildman–Crippen LogP) is 3.22. The highest BCUT2D eigenvalue weighted by Crippen LogP contribution is 2.69. The molecule has 0 bridgehead atoms. The number of ether oxygens (including phenoxy) is 3. The molecular weight excluding hydrogens is 422 g/mol. The van der Waals surface area contributed by atoms with Gasteiger partial charge in [-0.1, -0.05) is 38.8 Å². The van der Waals surface area contributed by atoms with Gasteiger partial charge in [0.05, 0.1) is 6.10 Å². The Morgan fingerprint density at radius 2 is 2.18 bits per heavy atom. The van der Waals surface area contributed by atoms with Crippen LogP contribution in [0.15, 0.2) is 23.8 Å². The number of rotatable bonds is 4. The van der Waals surface area contributed by atoms with Gasteiger partial charge in [-0.3, -0.25) is 4.79 Å². The molecule has 3 saturated carbocycles. The summed E-state index contributed by atoms with van der Waals surface area (Å²) in [6, 6.07) is 1.88. The minimum Gasteiger partial charge on any atom is -0.448 e. The Morgan fingerprint density at radius 3 is 2.91 bits per heavy atom. The number of nitriles is 1. The van der Waals surface area contributed by atoms with Crippen LogP contribution in [0.1, 0.15) is 59.3 Å². The third kappa shape index (κ3) is 2.97. The third-order valence-corrected chi connectivity index (χ3v) is 9.38. The minimum absolute atomic E-state index is 0.00872. The number of nitrogens with zero attached hydrogens (tertiary/aromatic N) is 1. The van der Waals surface area contributed by atoms with Crippen LogP contribution in [0.2, 0.25) is 0 Å². The molecule has 5 aliphatic rings. The molecule has 5 rings (SSSR count). The van der Waals surface area contributed by atoms with Gasteiger partial charge in [-0.2, -0.15) is 5.26 Å². The normalized spacial score (nSPS) is 47.6. The van der Waals surface area contributed by atoms with Gasteiger partial charge >= 0.3 is 5.97 Å². The molecule has 0 radical (unpaired) electrons. The highest BCUT2D eigenvalue weighted by Gasteiger charge is 2.77. The van der Waals surface area contributed by atoms with Crippen LogP contribution < -0.4 is 0 Å². The molecule has 178 valence electrons. The van der Waals surface area contributed by atoms with Crippen molar-refractivity contribution in [2.24, 2.45) is 28.6 Å². The number of carbonyl (C=O) groups is 2. The number of allylic oxidation sites excluding steroid dienone is 4. The summed E-state index contributed by atoms with van der Waals surface area (Å²) in [4.78, 5) is 25.5. The van der Waals surface area contributed by atoms with Gasteiger partial charge in [0.15, 0.2) is 24.3 Å². The lowest BCUT2D eigenvalue weighted by Crippen LogP contribution is -2.63. The van der Waals surface area contributed by atoms with Crippen molar-refractivity contribution in [3.63, 3.8) is 0 Å². The first kappa shape index (κ1) is 22.8. The second-order valence-corrected chi connectivity index (χ2v) is 10.9. The zero-order valence-corrected chi connectivity index (χ0v) is 19.6. The summed E-state index contributed by atoms with van der Waals surface area (Å²) in [6.45, 7) is 5.87. The fourth-order valence-electron chi connectivity index (χ4n) is 8.06. The first-order valence-corrected chi connectivity index (χ1v) is 12.2. The van der Waals surface area contributed by atoms with E-state index in [9.17, 15) is 14.7 Å². The van der Waals surface area contributed by atoms with Gasteiger partial charge in [0, 0.05) is 16.7 Å². The van der Waals surface area contributed by atoms with E-state index in [0.717, 1.165) is 24.8 Å². The topological polar surface area (TPSA) is 106 Å². The molecule has 0 aromatic carbocycles. The van der Waals surface area contributed by atoms with E-state index in [-0.39, 0.29) is 35.6 Å². The van der Waals surface area contributed by atoms with Gasteiger partial charge in [-0.05, 0) is 56.1 Å². The Labute approximate surface area is 194 Å². The molecule has 1 aliphatic heterocycles. The molecule has 1 saturated heterocycles. The Bertz CT molecular complexity index is 966. The number of aliphatic hydroxyl groups is 1. The first-order valence-electron chi connectivity index (χ1n) is 12.2. The minimum atomic E-state index is -1.32. The van der Waals surface area contributed by atoms with Crippen molar-refractivity contribution in [2.75, 3.05) is 6.61 Å². The molecule has 0 amide bonds. The summed E-state index contributed by atoms with van der Waals surface area (Å²) in [5.74, 6) is -0.333. The van der Waals surface area contributed by atoms with Crippen LogP contribution in [0, 0.1) is 39.9 Å². The number of ketones is 1. The SMILES string of the molecule is CCC[C@@H]1O[C@@H]2CC3C4CCC5=CC(=O)C=C[C@]5(C)C4[C@@H](O)C[C@]3(C)[C@]2(C(=O)OCC#N)O1. The smallest absolute Gasteiger partial charge is 0.342 e. The Morgan fingerprint density at radius 1 is 1.39 bits per heavy atom. The van der Waals surface area contributed by atoms with Crippen LogP contribution in [-0.2, 0) is 23.8 Å². The van der Waals surface area contributed by atoms with Crippen LogP contribution in [0.25, 0.3) is 0 Å². The standard InChI is InChI=1S/C26H33NO6/c1-4-5-21-32-20-13-18-17-7-6-15-12-16(28)8-9-24(15,2)22(17)19(29)14-25(18,3)26(20,33-21)23(30)31-11-10-27/h8-9,12,17-22,29H,4-7,11,13-14H2,1-3H3/t17?,18?,19-,20+,21+,22?,24-,25-,26-/m0/s1. The maximum Gasteiger partial charge on any atom is 0.342 e. The molecule has 4 aliphatic carbocycles. The molecule has 9 atom stereocenters. The Balaban J connectivity index is 1.54. The summed E-state index contributed by atoms with van der Waals surface area (Å²) in [5.41, 5.74) is -1.29. The van der Waals surface area contributed by atoms with E-state index >= 15 is 0 Å². The van der Waals surface area contributed by atoms with Crippen LogP contribution in [0.3, 0.4) is 0 Å². The van der Waals surface area contributed by atoms with E-state index in [1.165, 1.54) is 0 Å². The molecule has 4 fully saturated rings. The quantitative estimate of drug-likeness (QED) is 0.649. The van der Waals surface area contributed by atoms with Crippen molar-refractivity contribution < 1.29 is 28.9 Å². The second kappa shape index (κ2) is 7.76. The summed E-state index contributed by atoms with van der Waals surface area (Å²) in [7, 11) is 0. The van der Waals surface area contributed by atoms with Gasteiger partial charge < -0.3 is 19.3 Å². The number of carbonyl (C=O) groups excluding carboxylic acids is 2. The first-order chi connectivity index (χ1) is 15.7.